The molecule has 0 bridgehead atoms. The SMILES string of the molecule is CCc1cccc2c(C(=O)COC(=O)/C=C/c3ccc4c(c3)OCO4)c[nH]c12. The van der Waals surface area contributed by atoms with Gasteiger partial charge >= 0.3 is 5.97 Å². The van der Waals surface area contributed by atoms with Gasteiger partial charge in [0.2, 0.25) is 12.6 Å². The van der Waals surface area contributed by atoms with Gasteiger partial charge in [-0.2, -0.15) is 0 Å². The molecular weight excluding hydrogens is 358 g/mol. The molecule has 0 spiro atoms. The number of rotatable bonds is 6. The Bertz CT molecular complexity index is 1080. The van der Waals surface area contributed by atoms with Crippen LogP contribution in [0.4, 0.5) is 0 Å². The minimum atomic E-state index is -0.583. The lowest BCUT2D eigenvalue weighted by atomic mass is 10.1. The first kappa shape index (κ1) is 17.9. The average molecular weight is 377 g/mol. The molecule has 0 saturated heterocycles. The van der Waals surface area contributed by atoms with Crippen LogP contribution >= 0.6 is 0 Å². The van der Waals surface area contributed by atoms with Crippen molar-refractivity contribution in [2.45, 2.75) is 13.3 Å². The molecule has 2 aromatic carbocycles. The summed E-state index contributed by atoms with van der Waals surface area (Å²) in [5.41, 5.74) is 3.39. The van der Waals surface area contributed by atoms with E-state index in [1.54, 1.807) is 30.5 Å². The smallest absolute Gasteiger partial charge is 0.331 e. The molecule has 2 heterocycles. The summed E-state index contributed by atoms with van der Waals surface area (Å²) in [6.07, 6.45) is 5.43. The van der Waals surface area contributed by atoms with Gasteiger partial charge in [0.25, 0.3) is 0 Å². The number of H-pyrrole nitrogens is 1. The Labute approximate surface area is 161 Å². The molecule has 6 nitrogen and oxygen atoms in total. The third kappa shape index (κ3) is 3.49. The van der Waals surface area contributed by atoms with Crippen molar-refractivity contribution in [3.8, 4) is 11.5 Å². The predicted octanol–water partition coefficient (Wildman–Crippen LogP) is 3.90. The highest BCUT2D eigenvalue weighted by Gasteiger charge is 2.15. The summed E-state index contributed by atoms with van der Waals surface area (Å²) in [7, 11) is 0. The molecule has 1 aliphatic rings. The van der Waals surface area contributed by atoms with Crippen LogP contribution in [-0.4, -0.2) is 30.1 Å². The van der Waals surface area contributed by atoms with Crippen LogP contribution in [0.2, 0.25) is 0 Å². The van der Waals surface area contributed by atoms with Gasteiger partial charge in [-0.05, 0) is 35.8 Å². The van der Waals surface area contributed by atoms with E-state index >= 15 is 0 Å². The Morgan fingerprint density at radius 3 is 2.89 bits per heavy atom. The number of para-hydroxylation sites is 1. The van der Waals surface area contributed by atoms with Crippen molar-refractivity contribution >= 4 is 28.7 Å². The van der Waals surface area contributed by atoms with Crippen LogP contribution in [0.15, 0.2) is 48.7 Å². The molecule has 0 amide bonds. The first-order valence-electron chi connectivity index (χ1n) is 9.02. The summed E-state index contributed by atoms with van der Waals surface area (Å²) in [6, 6.07) is 11.2. The van der Waals surface area contributed by atoms with E-state index in [2.05, 4.69) is 11.9 Å². The molecule has 4 rings (SSSR count). The number of hydrogen-bond donors (Lipinski definition) is 1. The van der Waals surface area contributed by atoms with Gasteiger partial charge in [-0.25, -0.2) is 4.79 Å². The molecule has 0 unspecified atom stereocenters. The van der Waals surface area contributed by atoms with Crippen LogP contribution in [0.3, 0.4) is 0 Å². The van der Waals surface area contributed by atoms with Crippen LogP contribution in [0.5, 0.6) is 11.5 Å². The Hall–Kier alpha value is -3.54. The highest BCUT2D eigenvalue weighted by Crippen LogP contribution is 2.32. The van der Waals surface area contributed by atoms with Gasteiger partial charge in [0.15, 0.2) is 18.1 Å². The highest BCUT2D eigenvalue weighted by atomic mass is 16.7. The van der Waals surface area contributed by atoms with Crippen LogP contribution in [0.25, 0.3) is 17.0 Å². The fourth-order valence-electron chi connectivity index (χ4n) is 3.19. The number of ketones is 1. The molecule has 0 atom stereocenters. The normalized spacial score (nSPS) is 12.6. The lowest BCUT2D eigenvalue weighted by Crippen LogP contribution is -2.12. The largest absolute Gasteiger partial charge is 0.454 e. The third-order valence-electron chi connectivity index (χ3n) is 4.64. The maximum atomic E-state index is 12.5. The van der Waals surface area contributed by atoms with Crippen molar-refractivity contribution in [3.63, 3.8) is 0 Å². The van der Waals surface area contributed by atoms with E-state index < -0.39 is 5.97 Å². The summed E-state index contributed by atoms with van der Waals surface area (Å²) < 4.78 is 15.6. The molecular formula is C22H19NO5. The third-order valence-corrected chi connectivity index (χ3v) is 4.64. The number of hydrogen-bond acceptors (Lipinski definition) is 5. The standard InChI is InChI=1S/C22H19NO5/c1-2-15-4-3-5-16-17(11-23-22(15)16)18(24)12-26-21(25)9-7-14-6-8-19-20(10-14)28-13-27-19/h3-11,23H,2,12-13H2,1H3/b9-7+. The molecule has 0 radical (unpaired) electrons. The number of fused-ring (bicyclic) bond motifs is 2. The highest BCUT2D eigenvalue weighted by molar-refractivity contribution is 6.09. The van der Waals surface area contributed by atoms with E-state index in [4.69, 9.17) is 14.2 Å². The second-order valence-electron chi connectivity index (χ2n) is 6.37. The summed E-state index contributed by atoms with van der Waals surface area (Å²) in [4.78, 5) is 27.6. The molecule has 3 aromatic rings. The Morgan fingerprint density at radius 2 is 2.04 bits per heavy atom. The average Bonchev–Trinajstić information content (AvgIpc) is 3.36. The van der Waals surface area contributed by atoms with E-state index in [1.807, 2.05) is 18.2 Å². The molecule has 1 aliphatic heterocycles. The quantitative estimate of drug-likeness (QED) is 0.400. The van der Waals surface area contributed by atoms with Crippen LogP contribution in [0, 0.1) is 0 Å². The van der Waals surface area contributed by atoms with Crippen molar-refractivity contribution in [3.05, 3.63) is 65.4 Å². The topological polar surface area (TPSA) is 77.6 Å². The number of benzene rings is 2. The first-order valence-corrected chi connectivity index (χ1v) is 9.02. The van der Waals surface area contributed by atoms with Crippen molar-refractivity contribution in [1.82, 2.24) is 4.98 Å². The van der Waals surface area contributed by atoms with Gasteiger partial charge in [0, 0.05) is 28.7 Å². The molecule has 6 heteroatoms. The number of esters is 1. The number of carbonyl (C=O) groups excluding carboxylic acids is 2. The number of ether oxygens (including phenoxy) is 3. The van der Waals surface area contributed by atoms with Crippen LogP contribution in [0.1, 0.15) is 28.4 Å². The summed E-state index contributed by atoms with van der Waals surface area (Å²) >= 11 is 0. The van der Waals surface area contributed by atoms with Crippen molar-refractivity contribution < 1.29 is 23.8 Å². The lowest BCUT2D eigenvalue weighted by Gasteiger charge is -2.02. The second-order valence-corrected chi connectivity index (χ2v) is 6.37. The zero-order valence-electron chi connectivity index (χ0n) is 15.4. The number of aryl methyl sites for hydroxylation is 1. The van der Waals surface area contributed by atoms with E-state index in [1.165, 1.54) is 6.08 Å². The summed E-state index contributed by atoms with van der Waals surface area (Å²) in [5.74, 6) is 0.483. The van der Waals surface area contributed by atoms with Gasteiger partial charge in [0.05, 0.1) is 0 Å². The van der Waals surface area contributed by atoms with Crippen molar-refractivity contribution in [1.29, 1.82) is 0 Å². The molecule has 142 valence electrons. The van der Waals surface area contributed by atoms with Gasteiger partial charge in [-0.1, -0.05) is 31.2 Å². The summed E-state index contributed by atoms with van der Waals surface area (Å²) in [5, 5.41) is 0.844. The second kappa shape index (κ2) is 7.60. The fourth-order valence-corrected chi connectivity index (χ4v) is 3.19. The number of nitrogens with one attached hydrogen (secondary N) is 1. The monoisotopic (exact) mass is 377 g/mol. The number of Topliss-reactive ketones (excluding diaryl/α,β-unsaturated/α-hetero) is 1. The van der Waals surface area contributed by atoms with E-state index in [-0.39, 0.29) is 19.2 Å². The zero-order chi connectivity index (χ0) is 19.5. The van der Waals surface area contributed by atoms with Gasteiger partial charge in [0.1, 0.15) is 0 Å². The lowest BCUT2D eigenvalue weighted by molar-refractivity contribution is -0.136. The maximum absolute atomic E-state index is 12.5. The predicted molar refractivity (Wildman–Crippen MR) is 105 cm³/mol. The van der Waals surface area contributed by atoms with Crippen LogP contribution in [-0.2, 0) is 16.0 Å². The van der Waals surface area contributed by atoms with Crippen LogP contribution < -0.4 is 9.47 Å². The number of aromatic nitrogens is 1. The first-order chi connectivity index (χ1) is 13.7. The van der Waals surface area contributed by atoms with E-state index in [0.717, 1.165) is 28.5 Å². The van der Waals surface area contributed by atoms with Gasteiger partial charge in [-0.15, -0.1) is 0 Å². The van der Waals surface area contributed by atoms with E-state index in [9.17, 15) is 9.59 Å². The molecule has 1 N–H and O–H groups in total. The van der Waals surface area contributed by atoms with Crippen molar-refractivity contribution in [2.24, 2.45) is 0 Å². The number of aromatic amines is 1. The fraction of sp³-hybridized carbons (Fsp3) is 0.182. The van der Waals surface area contributed by atoms with Crippen molar-refractivity contribution in [2.75, 3.05) is 13.4 Å². The maximum Gasteiger partial charge on any atom is 0.331 e. The molecule has 0 fully saturated rings. The van der Waals surface area contributed by atoms with E-state index in [0.29, 0.717) is 17.1 Å². The zero-order valence-corrected chi connectivity index (χ0v) is 15.4. The Morgan fingerprint density at radius 1 is 1.18 bits per heavy atom. The minimum Gasteiger partial charge on any atom is -0.454 e. The Balaban J connectivity index is 1.39. The molecule has 1 aromatic heterocycles. The van der Waals surface area contributed by atoms with Gasteiger partial charge < -0.3 is 19.2 Å². The molecule has 28 heavy (non-hydrogen) atoms. The molecule has 0 saturated carbocycles. The molecule has 0 aliphatic carbocycles. The number of carbonyl (C=O) groups is 2. The summed E-state index contributed by atoms with van der Waals surface area (Å²) in [6.45, 7) is 1.94. The minimum absolute atomic E-state index is 0.195. The van der Waals surface area contributed by atoms with Gasteiger partial charge in [-0.3, -0.25) is 4.79 Å². The Kier molecular flexibility index (Phi) is 4.85.